The largest absolute Gasteiger partial charge is 0.325 e. The molecule has 0 aliphatic heterocycles. The lowest BCUT2D eigenvalue weighted by molar-refractivity contribution is -0.113. The van der Waals surface area contributed by atoms with E-state index in [1.165, 1.54) is 35.1 Å². The van der Waals surface area contributed by atoms with Gasteiger partial charge in [-0.25, -0.2) is 0 Å². The van der Waals surface area contributed by atoms with Gasteiger partial charge in [-0.15, -0.1) is 28.5 Å². The van der Waals surface area contributed by atoms with Gasteiger partial charge in [0.15, 0.2) is 5.16 Å². The van der Waals surface area contributed by atoms with E-state index in [0.29, 0.717) is 12.3 Å². The molecular formula is C24H28N4OS2. The second kappa shape index (κ2) is 12.4. The molecule has 1 N–H and O–H groups in total. The van der Waals surface area contributed by atoms with Gasteiger partial charge in [-0.1, -0.05) is 61.5 Å². The van der Waals surface area contributed by atoms with Gasteiger partial charge in [0.25, 0.3) is 0 Å². The number of nitrogens with zero attached hydrogens (tertiary/aromatic N) is 3. The Labute approximate surface area is 192 Å². The highest BCUT2D eigenvalue weighted by Gasteiger charge is 2.14. The number of hydrogen-bond donors (Lipinski definition) is 1. The van der Waals surface area contributed by atoms with Gasteiger partial charge < -0.3 is 9.88 Å². The van der Waals surface area contributed by atoms with Crippen molar-refractivity contribution in [3.8, 4) is 0 Å². The smallest absolute Gasteiger partial charge is 0.234 e. The van der Waals surface area contributed by atoms with Gasteiger partial charge >= 0.3 is 0 Å². The number of anilines is 1. The van der Waals surface area contributed by atoms with Crippen molar-refractivity contribution in [3.63, 3.8) is 0 Å². The quantitative estimate of drug-likeness (QED) is 0.277. The Hall–Kier alpha value is -2.51. The van der Waals surface area contributed by atoms with Crippen molar-refractivity contribution in [3.05, 3.63) is 78.6 Å². The molecule has 0 radical (unpaired) electrons. The van der Waals surface area contributed by atoms with E-state index in [2.05, 4.69) is 53.3 Å². The Morgan fingerprint density at radius 3 is 2.58 bits per heavy atom. The van der Waals surface area contributed by atoms with Crippen LogP contribution in [0.4, 0.5) is 5.69 Å². The Morgan fingerprint density at radius 1 is 1.10 bits per heavy atom. The predicted octanol–water partition coefficient (Wildman–Crippen LogP) is 5.83. The first-order valence-corrected chi connectivity index (χ1v) is 12.4. The molecule has 1 heterocycles. The number of aryl methyl sites for hydroxylation is 1. The van der Waals surface area contributed by atoms with E-state index < -0.39 is 0 Å². The van der Waals surface area contributed by atoms with Crippen LogP contribution in [0.3, 0.4) is 0 Å². The summed E-state index contributed by atoms with van der Waals surface area (Å²) in [5.74, 6) is 1.81. The lowest BCUT2D eigenvalue weighted by atomic mass is 10.1. The van der Waals surface area contributed by atoms with Gasteiger partial charge in [-0.05, 0) is 42.7 Å². The van der Waals surface area contributed by atoms with Crippen molar-refractivity contribution in [2.24, 2.45) is 0 Å². The number of rotatable bonds is 12. The zero-order valence-corrected chi connectivity index (χ0v) is 19.4. The summed E-state index contributed by atoms with van der Waals surface area (Å²) in [5, 5.41) is 12.3. The maximum atomic E-state index is 12.4. The van der Waals surface area contributed by atoms with Crippen molar-refractivity contribution in [1.82, 2.24) is 14.8 Å². The average molecular weight is 453 g/mol. The summed E-state index contributed by atoms with van der Waals surface area (Å²) < 4.78 is 2.02. The van der Waals surface area contributed by atoms with Crippen molar-refractivity contribution < 1.29 is 4.79 Å². The maximum Gasteiger partial charge on any atom is 0.234 e. The highest BCUT2D eigenvalue weighted by Crippen LogP contribution is 2.24. The number of benzene rings is 2. The van der Waals surface area contributed by atoms with Crippen LogP contribution in [0.15, 0.2) is 77.3 Å². The minimum absolute atomic E-state index is 0.0559. The molecule has 5 nitrogen and oxygen atoms in total. The van der Waals surface area contributed by atoms with Crippen molar-refractivity contribution in [2.75, 3.05) is 11.1 Å². The number of aromatic nitrogens is 3. The van der Waals surface area contributed by atoms with E-state index in [1.807, 2.05) is 41.0 Å². The summed E-state index contributed by atoms with van der Waals surface area (Å²) in [6, 6.07) is 18.3. The lowest BCUT2D eigenvalue weighted by Crippen LogP contribution is -2.14. The number of carbonyl (C=O) groups is 1. The summed E-state index contributed by atoms with van der Waals surface area (Å²) in [4.78, 5) is 13.6. The Kier molecular flexibility index (Phi) is 9.24. The molecule has 0 bridgehead atoms. The van der Waals surface area contributed by atoms with E-state index in [9.17, 15) is 4.79 Å². The van der Waals surface area contributed by atoms with Crippen LogP contribution >= 0.6 is 23.5 Å². The second-order valence-corrected chi connectivity index (χ2v) is 9.03. The number of carbonyl (C=O) groups excluding carboxylic acids is 1. The first kappa shape index (κ1) is 23.2. The molecule has 0 aliphatic rings. The summed E-state index contributed by atoms with van der Waals surface area (Å²) >= 11 is 3.10. The third kappa shape index (κ3) is 7.29. The molecule has 31 heavy (non-hydrogen) atoms. The van der Waals surface area contributed by atoms with Crippen molar-refractivity contribution in [2.45, 2.75) is 48.5 Å². The number of nitrogens with one attached hydrogen (secondary N) is 1. The first-order valence-electron chi connectivity index (χ1n) is 10.4. The van der Waals surface area contributed by atoms with Crippen LogP contribution in [0.5, 0.6) is 0 Å². The summed E-state index contributed by atoms with van der Waals surface area (Å²) in [6.07, 6.45) is 5.26. The fraction of sp³-hybridized carbons (Fsp3) is 0.292. The van der Waals surface area contributed by atoms with Crippen molar-refractivity contribution in [1.29, 1.82) is 0 Å². The second-order valence-electron chi connectivity index (χ2n) is 7.04. The van der Waals surface area contributed by atoms with Crippen LogP contribution in [0, 0.1) is 0 Å². The van der Waals surface area contributed by atoms with Gasteiger partial charge in [0.05, 0.1) is 11.5 Å². The van der Waals surface area contributed by atoms with Gasteiger partial charge in [0.1, 0.15) is 5.82 Å². The third-order valence-electron chi connectivity index (χ3n) is 4.61. The Morgan fingerprint density at radius 2 is 1.87 bits per heavy atom. The summed E-state index contributed by atoms with van der Waals surface area (Å²) in [7, 11) is 0. The number of allylic oxidation sites excluding steroid dienone is 1. The molecule has 1 amide bonds. The topological polar surface area (TPSA) is 59.8 Å². The zero-order valence-electron chi connectivity index (χ0n) is 17.8. The molecule has 0 unspecified atom stereocenters. The molecule has 162 valence electrons. The van der Waals surface area contributed by atoms with Crippen LogP contribution in [-0.2, 0) is 23.5 Å². The SMILES string of the molecule is C=CCn1c(CSc2ccccc2)nnc1SCC(=O)Nc1ccc(CCCC)cc1. The molecule has 1 aromatic heterocycles. The van der Waals surface area contributed by atoms with Gasteiger partial charge in [0, 0.05) is 17.1 Å². The first-order chi connectivity index (χ1) is 15.2. The van der Waals surface area contributed by atoms with E-state index in [-0.39, 0.29) is 11.7 Å². The third-order valence-corrected chi connectivity index (χ3v) is 6.58. The fourth-order valence-corrected chi connectivity index (χ4v) is 4.60. The maximum absolute atomic E-state index is 12.4. The number of amides is 1. The predicted molar refractivity (Wildman–Crippen MR) is 131 cm³/mol. The molecule has 3 rings (SSSR count). The fourth-order valence-electron chi connectivity index (χ4n) is 2.97. The zero-order chi connectivity index (χ0) is 21.9. The highest BCUT2D eigenvalue weighted by molar-refractivity contribution is 7.99. The van der Waals surface area contributed by atoms with Gasteiger partial charge in [0.2, 0.25) is 5.91 Å². The molecule has 0 saturated heterocycles. The van der Waals surface area contributed by atoms with Crippen LogP contribution < -0.4 is 5.32 Å². The Balaban J connectivity index is 1.54. The number of hydrogen-bond acceptors (Lipinski definition) is 5. The van der Waals surface area contributed by atoms with E-state index in [0.717, 1.165) is 23.1 Å². The van der Waals surface area contributed by atoms with E-state index in [4.69, 9.17) is 0 Å². The lowest BCUT2D eigenvalue weighted by Gasteiger charge is -2.08. The molecule has 7 heteroatoms. The molecule has 0 atom stereocenters. The van der Waals surface area contributed by atoms with Crippen LogP contribution in [0.25, 0.3) is 0 Å². The number of unbranched alkanes of at least 4 members (excludes halogenated alkanes) is 1. The average Bonchev–Trinajstić information content (AvgIpc) is 3.18. The molecule has 0 aliphatic carbocycles. The number of thioether (sulfide) groups is 2. The molecule has 0 spiro atoms. The minimum Gasteiger partial charge on any atom is -0.325 e. The van der Waals surface area contributed by atoms with Crippen LogP contribution in [-0.4, -0.2) is 26.4 Å². The van der Waals surface area contributed by atoms with Crippen LogP contribution in [0.1, 0.15) is 31.2 Å². The standard InChI is InChI=1S/C24H28N4OS2/c1-3-5-9-19-12-14-20(15-13-19)25-23(29)18-31-24-27-26-22(28(24)16-4-2)17-30-21-10-7-6-8-11-21/h4,6-8,10-15H,2-3,5,9,16-18H2,1H3,(H,25,29). The van der Waals surface area contributed by atoms with E-state index >= 15 is 0 Å². The minimum atomic E-state index is -0.0559. The monoisotopic (exact) mass is 452 g/mol. The van der Waals surface area contributed by atoms with Crippen molar-refractivity contribution >= 4 is 35.1 Å². The highest BCUT2D eigenvalue weighted by atomic mass is 32.2. The normalized spacial score (nSPS) is 10.7. The van der Waals surface area contributed by atoms with Crippen LogP contribution in [0.2, 0.25) is 0 Å². The van der Waals surface area contributed by atoms with E-state index in [1.54, 1.807) is 11.8 Å². The summed E-state index contributed by atoms with van der Waals surface area (Å²) in [5.41, 5.74) is 2.12. The molecule has 2 aromatic carbocycles. The molecule has 0 fully saturated rings. The summed E-state index contributed by atoms with van der Waals surface area (Å²) in [6.45, 7) is 6.64. The molecular weight excluding hydrogens is 424 g/mol. The molecule has 0 saturated carbocycles. The van der Waals surface area contributed by atoms with Gasteiger partial charge in [-0.3, -0.25) is 4.79 Å². The Bertz CT molecular complexity index is 971. The molecule has 3 aromatic rings. The van der Waals surface area contributed by atoms with Gasteiger partial charge in [-0.2, -0.15) is 0 Å².